The standard InChI is InChI=1S/C22H26N4O4/c1-30-21-15-18(8-9-20(21)26(28)29)24-13-11-23(12-14-24)16-22(27)25-10-4-6-17-5-2-3-7-19(17)25/h2-3,5,7-9,15H,4,6,10-14,16H2,1H3. The highest BCUT2D eigenvalue weighted by Crippen LogP contribution is 2.32. The number of hydrogen-bond acceptors (Lipinski definition) is 6. The van der Waals surface area contributed by atoms with E-state index in [4.69, 9.17) is 4.74 Å². The first-order valence-electron chi connectivity index (χ1n) is 10.2. The first-order chi connectivity index (χ1) is 14.6. The summed E-state index contributed by atoms with van der Waals surface area (Å²) in [5.41, 5.74) is 3.15. The molecule has 2 aliphatic rings. The fourth-order valence-corrected chi connectivity index (χ4v) is 4.25. The molecule has 0 spiro atoms. The van der Waals surface area contributed by atoms with Crippen LogP contribution in [0.2, 0.25) is 0 Å². The van der Waals surface area contributed by atoms with Crippen LogP contribution in [0.1, 0.15) is 12.0 Å². The Morgan fingerprint density at radius 3 is 2.60 bits per heavy atom. The van der Waals surface area contributed by atoms with Gasteiger partial charge in [-0.2, -0.15) is 0 Å². The molecule has 0 radical (unpaired) electrons. The van der Waals surface area contributed by atoms with Gasteiger partial charge in [-0.25, -0.2) is 0 Å². The van der Waals surface area contributed by atoms with Crippen LogP contribution in [-0.2, 0) is 11.2 Å². The Labute approximate surface area is 175 Å². The Bertz CT molecular complexity index is 940. The van der Waals surface area contributed by atoms with Crippen molar-refractivity contribution in [2.24, 2.45) is 0 Å². The highest BCUT2D eigenvalue weighted by molar-refractivity contribution is 5.96. The number of nitro benzene ring substituents is 1. The lowest BCUT2D eigenvalue weighted by Gasteiger charge is -2.37. The Morgan fingerprint density at radius 2 is 1.87 bits per heavy atom. The number of piperazine rings is 1. The van der Waals surface area contributed by atoms with Gasteiger partial charge in [-0.05, 0) is 30.5 Å². The van der Waals surface area contributed by atoms with Crippen molar-refractivity contribution in [3.63, 3.8) is 0 Å². The highest BCUT2D eigenvalue weighted by atomic mass is 16.6. The van der Waals surface area contributed by atoms with E-state index in [1.807, 2.05) is 23.1 Å². The SMILES string of the molecule is COc1cc(N2CCN(CC(=O)N3CCCc4ccccc43)CC2)ccc1[N+](=O)[O-]. The molecular formula is C22H26N4O4. The zero-order valence-electron chi connectivity index (χ0n) is 17.1. The smallest absolute Gasteiger partial charge is 0.311 e. The Balaban J connectivity index is 1.36. The van der Waals surface area contributed by atoms with Gasteiger partial charge in [-0.15, -0.1) is 0 Å². The maximum atomic E-state index is 13.0. The van der Waals surface area contributed by atoms with Gasteiger partial charge in [0.2, 0.25) is 5.91 Å². The number of carbonyl (C=O) groups excluding carboxylic acids is 1. The second kappa shape index (κ2) is 8.71. The zero-order valence-corrected chi connectivity index (χ0v) is 17.1. The number of anilines is 2. The maximum Gasteiger partial charge on any atom is 0.311 e. The number of benzene rings is 2. The van der Waals surface area contributed by atoms with Gasteiger partial charge in [0, 0.05) is 56.2 Å². The molecule has 8 heteroatoms. The molecule has 0 saturated carbocycles. The minimum Gasteiger partial charge on any atom is -0.490 e. The molecule has 0 unspecified atom stereocenters. The Kier molecular flexibility index (Phi) is 5.85. The number of fused-ring (bicyclic) bond motifs is 1. The normalized spacial score (nSPS) is 16.8. The minimum absolute atomic E-state index is 0.0349. The lowest BCUT2D eigenvalue weighted by molar-refractivity contribution is -0.385. The number of para-hydroxylation sites is 1. The van der Waals surface area contributed by atoms with Crippen molar-refractivity contribution in [3.05, 3.63) is 58.1 Å². The highest BCUT2D eigenvalue weighted by Gasteiger charge is 2.26. The quantitative estimate of drug-likeness (QED) is 0.557. The Hall–Kier alpha value is -3.13. The van der Waals surface area contributed by atoms with Crippen molar-refractivity contribution in [1.29, 1.82) is 0 Å². The van der Waals surface area contributed by atoms with E-state index in [0.29, 0.717) is 6.54 Å². The number of ether oxygens (including phenoxy) is 1. The molecule has 2 aromatic carbocycles. The van der Waals surface area contributed by atoms with Crippen LogP contribution < -0.4 is 14.5 Å². The number of hydrogen-bond donors (Lipinski definition) is 0. The third-order valence-corrected chi connectivity index (χ3v) is 5.87. The molecule has 0 aliphatic carbocycles. The van der Waals surface area contributed by atoms with E-state index in [9.17, 15) is 14.9 Å². The number of nitrogens with zero attached hydrogens (tertiary/aromatic N) is 4. The van der Waals surface area contributed by atoms with Gasteiger partial charge in [0.05, 0.1) is 18.6 Å². The molecule has 1 fully saturated rings. The summed E-state index contributed by atoms with van der Waals surface area (Å²) >= 11 is 0. The van der Waals surface area contributed by atoms with Crippen LogP contribution in [0.25, 0.3) is 0 Å². The largest absolute Gasteiger partial charge is 0.490 e. The summed E-state index contributed by atoms with van der Waals surface area (Å²) in [6, 6.07) is 13.1. The molecule has 1 saturated heterocycles. The third kappa shape index (κ3) is 4.09. The summed E-state index contributed by atoms with van der Waals surface area (Å²) in [4.78, 5) is 29.9. The van der Waals surface area contributed by atoms with Crippen molar-refractivity contribution in [1.82, 2.24) is 4.90 Å². The summed E-state index contributed by atoms with van der Waals surface area (Å²) in [7, 11) is 1.44. The predicted octanol–water partition coefficient (Wildman–Crippen LogP) is 2.70. The van der Waals surface area contributed by atoms with Crippen LogP contribution >= 0.6 is 0 Å². The molecule has 0 aromatic heterocycles. The fourth-order valence-electron chi connectivity index (χ4n) is 4.25. The maximum absolute atomic E-state index is 13.0. The van der Waals surface area contributed by atoms with Crippen molar-refractivity contribution in [2.75, 3.05) is 56.2 Å². The zero-order chi connectivity index (χ0) is 21.1. The number of rotatable bonds is 5. The number of nitro groups is 1. The summed E-state index contributed by atoms with van der Waals surface area (Å²) in [5.74, 6) is 0.409. The molecule has 8 nitrogen and oxygen atoms in total. The van der Waals surface area contributed by atoms with E-state index in [1.54, 1.807) is 12.1 Å². The second-order valence-electron chi connectivity index (χ2n) is 7.65. The second-order valence-corrected chi connectivity index (χ2v) is 7.65. The van der Waals surface area contributed by atoms with E-state index >= 15 is 0 Å². The van der Waals surface area contributed by atoms with Gasteiger partial charge >= 0.3 is 5.69 Å². The molecule has 2 heterocycles. The first-order valence-corrected chi connectivity index (χ1v) is 10.2. The van der Waals surface area contributed by atoms with Gasteiger partial charge in [0.15, 0.2) is 5.75 Å². The van der Waals surface area contributed by atoms with Crippen molar-refractivity contribution >= 4 is 23.0 Å². The van der Waals surface area contributed by atoms with Crippen LogP contribution in [-0.4, -0.2) is 62.1 Å². The van der Waals surface area contributed by atoms with Crippen LogP contribution in [0.15, 0.2) is 42.5 Å². The van der Waals surface area contributed by atoms with E-state index in [0.717, 1.165) is 56.9 Å². The molecule has 2 aromatic rings. The van der Waals surface area contributed by atoms with Crippen molar-refractivity contribution < 1.29 is 14.5 Å². The van der Waals surface area contributed by atoms with Gasteiger partial charge in [0.1, 0.15) is 0 Å². The first kappa shape index (κ1) is 20.2. The lowest BCUT2D eigenvalue weighted by atomic mass is 10.0. The van der Waals surface area contributed by atoms with Crippen LogP contribution in [0.5, 0.6) is 5.75 Å². The van der Waals surface area contributed by atoms with Gasteiger partial charge in [-0.3, -0.25) is 19.8 Å². The summed E-state index contributed by atoms with van der Waals surface area (Å²) in [5, 5.41) is 11.1. The number of aryl methyl sites for hydroxylation is 1. The molecule has 158 valence electrons. The van der Waals surface area contributed by atoms with Gasteiger partial charge in [0.25, 0.3) is 0 Å². The molecule has 0 N–H and O–H groups in total. The minimum atomic E-state index is -0.440. The summed E-state index contributed by atoms with van der Waals surface area (Å²) < 4.78 is 5.18. The molecule has 0 bridgehead atoms. The average Bonchev–Trinajstić information content (AvgIpc) is 2.78. The fraction of sp³-hybridized carbons (Fsp3) is 0.409. The number of carbonyl (C=O) groups is 1. The summed E-state index contributed by atoms with van der Waals surface area (Å²) in [6.07, 6.45) is 2.02. The lowest BCUT2D eigenvalue weighted by Crippen LogP contribution is -2.50. The number of amides is 1. The molecule has 1 amide bonds. The third-order valence-electron chi connectivity index (χ3n) is 5.87. The molecule has 4 rings (SSSR count). The number of methoxy groups -OCH3 is 1. The van der Waals surface area contributed by atoms with Gasteiger partial charge < -0.3 is 14.5 Å². The van der Waals surface area contributed by atoms with Gasteiger partial charge in [-0.1, -0.05) is 18.2 Å². The van der Waals surface area contributed by atoms with E-state index < -0.39 is 4.92 Å². The average molecular weight is 410 g/mol. The Morgan fingerprint density at radius 1 is 1.10 bits per heavy atom. The van der Waals surface area contributed by atoms with E-state index in [2.05, 4.69) is 15.9 Å². The van der Waals surface area contributed by atoms with Crippen LogP contribution in [0.4, 0.5) is 17.1 Å². The summed E-state index contributed by atoms with van der Waals surface area (Å²) in [6.45, 7) is 4.22. The molecule has 30 heavy (non-hydrogen) atoms. The van der Waals surface area contributed by atoms with E-state index in [-0.39, 0.29) is 17.3 Å². The topological polar surface area (TPSA) is 79.2 Å². The van der Waals surface area contributed by atoms with Crippen LogP contribution in [0.3, 0.4) is 0 Å². The monoisotopic (exact) mass is 410 g/mol. The van der Waals surface area contributed by atoms with E-state index in [1.165, 1.54) is 18.7 Å². The van der Waals surface area contributed by atoms with Crippen molar-refractivity contribution in [2.45, 2.75) is 12.8 Å². The van der Waals surface area contributed by atoms with Crippen LogP contribution in [0, 0.1) is 10.1 Å². The molecule has 2 aliphatic heterocycles. The molecular weight excluding hydrogens is 384 g/mol. The predicted molar refractivity (Wildman–Crippen MR) is 115 cm³/mol. The molecule has 0 atom stereocenters. The van der Waals surface area contributed by atoms with Crippen molar-refractivity contribution in [3.8, 4) is 5.75 Å².